The van der Waals surface area contributed by atoms with Crippen LogP contribution in [0.2, 0.25) is 0 Å². The Labute approximate surface area is 120 Å². The number of aliphatic hydroxyl groups is 1. The molecule has 4 nitrogen and oxygen atoms in total. The highest BCUT2D eigenvalue weighted by atomic mass is 16.3. The molecule has 2 rings (SSSR count). The highest BCUT2D eigenvalue weighted by Crippen LogP contribution is 2.23. The van der Waals surface area contributed by atoms with E-state index in [1.165, 1.54) is 11.1 Å². The van der Waals surface area contributed by atoms with Gasteiger partial charge in [-0.3, -0.25) is 4.79 Å². The fourth-order valence-corrected chi connectivity index (χ4v) is 2.82. The van der Waals surface area contributed by atoms with E-state index in [0.29, 0.717) is 5.92 Å². The van der Waals surface area contributed by atoms with Crippen molar-refractivity contribution >= 4 is 5.91 Å². The van der Waals surface area contributed by atoms with E-state index in [4.69, 9.17) is 10.8 Å². The second kappa shape index (κ2) is 6.86. The molecule has 1 aromatic carbocycles. The number of likely N-dealkylation sites (tertiary alicyclic amines) is 1. The Morgan fingerprint density at radius 2 is 2.05 bits per heavy atom. The second-order valence-electron chi connectivity index (χ2n) is 5.69. The fraction of sp³-hybridized carbons (Fsp3) is 0.562. The van der Waals surface area contributed by atoms with E-state index in [2.05, 4.69) is 31.2 Å². The maximum absolute atomic E-state index is 11.9. The van der Waals surface area contributed by atoms with Gasteiger partial charge in [-0.25, -0.2) is 0 Å². The third-order valence-electron chi connectivity index (χ3n) is 4.21. The van der Waals surface area contributed by atoms with Gasteiger partial charge in [-0.2, -0.15) is 0 Å². The van der Waals surface area contributed by atoms with Gasteiger partial charge in [0.15, 0.2) is 0 Å². The molecule has 1 fully saturated rings. The first-order chi connectivity index (χ1) is 9.61. The first-order valence-electron chi connectivity index (χ1n) is 7.31. The number of carbonyl (C=O) groups is 1. The number of piperidine rings is 1. The molecule has 0 aliphatic carbocycles. The molecule has 1 saturated heterocycles. The van der Waals surface area contributed by atoms with Crippen molar-refractivity contribution in [3.8, 4) is 0 Å². The highest BCUT2D eigenvalue weighted by Gasteiger charge is 2.26. The normalized spacial score (nSPS) is 18.1. The number of carbonyl (C=O) groups excluding carboxylic acids is 1. The van der Waals surface area contributed by atoms with Crippen LogP contribution in [0.25, 0.3) is 0 Å². The lowest BCUT2D eigenvalue weighted by molar-refractivity contribution is -0.134. The van der Waals surface area contributed by atoms with Crippen LogP contribution in [0.15, 0.2) is 24.3 Å². The maximum Gasteiger partial charge on any atom is 0.241 e. The topological polar surface area (TPSA) is 66.6 Å². The van der Waals surface area contributed by atoms with E-state index in [-0.39, 0.29) is 12.5 Å². The predicted octanol–water partition coefficient (Wildman–Crippen LogP) is 1.10. The Hall–Kier alpha value is -1.39. The minimum atomic E-state index is -0.761. The summed E-state index contributed by atoms with van der Waals surface area (Å²) in [5, 5.41) is 8.94. The lowest BCUT2D eigenvalue weighted by Crippen LogP contribution is -2.48. The van der Waals surface area contributed by atoms with Crippen molar-refractivity contribution < 1.29 is 9.90 Å². The van der Waals surface area contributed by atoms with Gasteiger partial charge in [0.2, 0.25) is 5.91 Å². The van der Waals surface area contributed by atoms with Crippen molar-refractivity contribution in [2.45, 2.75) is 32.2 Å². The van der Waals surface area contributed by atoms with Gasteiger partial charge in [0.25, 0.3) is 0 Å². The van der Waals surface area contributed by atoms with Gasteiger partial charge >= 0.3 is 0 Å². The van der Waals surface area contributed by atoms with Crippen molar-refractivity contribution in [2.75, 3.05) is 19.7 Å². The summed E-state index contributed by atoms with van der Waals surface area (Å²) in [5.74, 6) is 0.507. The van der Waals surface area contributed by atoms with Crippen molar-refractivity contribution in [1.82, 2.24) is 4.90 Å². The van der Waals surface area contributed by atoms with Crippen molar-refractivity contribution in [1.29, 1.82) is 0 Å². The number of amides is 1. The number of aryl methyl sites for hydroxylation is 1. The summed E-state index contributed by atoms with van der Waals surface area (Å²) in [7, 11) is 0. The largest absolute Gasteiger partial charge is 0.394 e. The van der Waals surface area contributed by atoms with Gasteiger partial charge in [0.05, 0.1) is 6.61 Å². The van der Waals surface area contributed by atoms with E-state index in [1.807, 2.05) is 0 Å². The van der Waals surface area contributed by atoms with Crippen LogP contribution in [0.5, 0.6) is 0 Å². The van der Waals surface area contributed by atoms with Crippen LogP contribution in [0.4, 0.5) is 0 Å². The minimum absolute atomic E-state index is 0.123. The number of hydrogen-bond donors (Lipinski definition) is 2. The Kier molecular flexibility index (Phi) is 5.15. The van der Waals surface area contributed by atoms with E-state index in [9.17, 15) is 4.79 Å². The third kappa shape index (κ3) is 3.58. The van der Waals surface area contributed by atoms with Crippen LogP contribution in [0.1, 0.15) is 24.0 Å². The summed E-state index contributed by atoms with van der Waals surface area (Å²) in [6, 6.07) is 7.73. The van der Waals surface area contributed by atoms with Crippen molar-refractivity contribution in [3.63, 3.8) is 0 Å². The molecule has 1 atom stereocenters. The van der Waals surface area contributed by atoms with Gasteiger partial charge in [-0.15, -0.1) is 0 Å². The molecule has 3 N–H and O–H groups in total. The lowest BCUT2D eigenvalue weighted by Gasteiger charge is -2.33. The predicted molar refractivity (Wildman–Crippen MR) is 79.2 cm³/mol. The van der Waals surface area contributed by atoms with Crippen LogP contribution >= 0.6 is 0 Å². The quantitative estimate of drug-likeness (QED) is 0.865. The average molecular weight is 276 g/mol. The number of rotatable bonds is 4. The van der Waals surface area contributed by atoms with Crippen molar-refractivity contribution in [2.24, 2.45) is 11.7 Å². The number of nitrogens with zero attached hydrogens (tertiary/aromatic N) is 1. The van der Waals surface area contributed by atoms with Gasteiger partial charge in [0, 0.05) is 13.1 Å². The van der Waals surface area contributed by atoms with E-state index in [1.54, 1.807) is 4.90 Å². The SMILES string of the molecule is Cc1ccccc1CC1CCN(C(=O)C(N)CO)CC1. The maximum atomic E-state index is 11.9. The standard InChI is InChI=1S/C16H24N2O2/c1-12-4-2-3-5-14(12)10-13-6-8-18(9-7-13)16(20)15(17)11-19/h2-5,13,15,19H,6-11,17H2,1H3. The van der Waals surface area contributed by atoms with Crippen LogP contribution in [-0.4, -0.2) is 41.7 Å². The summed E-state index contributed by atoms with van der Waals surface area (Å²) in [6.07, 6.45) is 3.11. The minimum Gasteiger partial charge on any atom is -0.394 e. The van der Waals surface area contributed by atoms with Gasteiger partial charge in [-0.05, 0) is 43.2 Å². The van der Waals surface area contributed by atoms with Crippen molar-refractivity contribution in [3.05, 3.63) is 35.4 Å². The molecule has 0 radical (unpaired) electrons. The Morgan fingerprint density at radius 3 is 2.65 bits per heavy atom. The molecule has 0 aromatic heterocycles. The molecule has 1 heterocycles. The molecular formula is C16H24N2O2. The van der Waals surface area contributed by atoms with Gasteiger partial charge < -0.3 is 15.7 Å². The molecule has 0 bridgehead atoms. The zero-order valence-electron chi connectivity index (χ0n) is 12.1. The van der Waals surface area contributed by atoms with Gasteiger partial charge in [0.1, 0.15) is 6.04 Å². The average Bonchev–Trinajstić information content (AvgIpc) is 2.49. The van der Waals surface area contributed by atoms with E-state index in [0.717, 1.165) is 32.4 Å². The summed E-state index contributed by atoms with van der Waals surface area (Å²) in [5.41, 5.74) is 8.33. The molecule has 0 saturated carbocycles. The molecule has 4 heteroatoms. The summed E-state index contributed by atoms with van der Waals surface area (Å²) in [6.45, 7) is 3.38. The molecule has 1 aliphatic rings. The molecule has 0 spiro atoms. The molecular weight excluding hydrogens is 252 g/mol. The Bertz CT molecular complexity index is 454. The van der Waals surface area contributed by atoms with E-state index >= 15 is 0 Å². The molecule has 1 unspecified atom stereocenters. The van der Waals surface area contributed by atoms with Crippen LogP contribution in [0, 0.1) is 12.8 Å². The highest BCUT2D eigenvalue weighted by molar-refractivity contribution is 5.81. The number of benzene rings is 1. The zero-order valence-corrected chi connectivity index (χ0v) is 12.1. The summed E-state index contributed by atoms with van der Waals surface area (Å²) < 4.78 is 0. The van der Waals surface area contributed by atoms with Crippen LogP contribution in [0.3, 0.4) is 0 Å². The Balaban J connectivity index is 1.86. The summed E-state index contributed by atoms with van der Waals surface area (Å²) >= 11 is 0. The van der Waals surface area contributed by atoms with Crippen LogP contribution in [-0.2, 0) is 11.2 Å². The van der Waals surface area contributed by atoms with Crippen LogP contribution < -0.4 is 5.73 Å². The Morgan fingerprint density at radius 1 is 1.40 bits per heavy atom. The molecule has 1 amide bonds. The third-order valence-corrected chi connectivity index (χ3v) is 4.21. The first kappa shape index (κ1) is 15.0. The number of nitrogens with two attached hydrogens (primary N) is 1. The monoisotopic (exact) mass is 276 g/mol. The fourth-order valence-electron chi connectivity index (χ4n) is 2.82. The zero-order chi connectivity index (χ0) is 14.5. The van der Waals surface area contributed by atoms with E-state index < -0.39 is 6.04 Å². The second-order valence-corrected chi connectivity index (χ2v) is 5.69. The lowest BCUT2D eigenvalue weighted by atomic mass is 9.88. The molecule has 1 aromatic rings. The molecule has 110 valence electrons. The number of hydrogen-bond acceptors (Lipinski definition) is 3. The van der Waals surface area contributed by atoms with Gasteiger partial charge in [-0.1, -0.05) is 24.3 Å². The first-order valence-corrected chi connectivity index (χ1v) is 7.31. The molecule has 1 aliphatic heterocycles. The molecule has 20 heavy (non-hydrogen) atoms. The summed E-state index contributed by atoms with van der Waals surface area (Å²) in [4.78, 5) is 13.7. The number of aliphatic hydroxyl groups excluding tert-OH is 1. The smallest absolute Gasteiger partial charge is 0.241 e.